The first-order valence-corrected chi connectivity index (χ1v) is 9.52. The number of benzene rings is 2. The van der Waals surface area contributed by atoms with Crippen LogP contribution in [-0.2, 0) is 22.6 Å². The van der Waals surface area contributed by atoms with Gasteiger partial charge in [-0.05, 0) is 31.4 Å². The minimum Gasteiger partial charge on any atom is -0.384 e. The van der Waals surface area contributed by atoms with Crippen molar-refractivity contribution in [2.45, 2.75) is 39.8 Å². The fourth-order valence-corrected chi connectivity index (χ4v) is 2.33. The minimum absolute atomic E-state index is 0.00120. The van der Waals surface area contributed by atoms with Crippen molar-refractivity contribution in [1.29, 1.82) is 5.41 Å². The molecule has 2 amide bonds. The Hall–Kier alpha value is -3.19. The van der Waals surface area contributed by atoms with Gasteiger partial charge in [0.05, 0.1) is 6.54 Å². The molecule has 0 heterocycles. The number of hydrogen-bond donors (Lipinski definition) is 5. The van der Waals surface area contributed by atoms with Crippen molar-refractivity contribution in [2.75, 3.05) is 6.54 Å². The Labute approximate surface area is 172 Å². The first-order valence-electron chi connectivity index (χ1n) is 9.52. The van der Waals surface area contributed by atoms with Crippen LogP contribution < -0.4 is 22.1 Å². The Kier molecular flexibility index (Phi) is 10.1. The Morgan fingerprint density at radius 3 is 2.07 bits per heavy atom. The number of amides is 2. The summed E-state index contributed by atoms with van der Waals surface area (Å²) >= 11 is 0. The van der Waals surface area contributed by atoms with E-state index in [1.165, 1.54) is 11.1 Å². The fourth-order valence-electron chi connectivity index (χ4n) is 2.33. The normalized spacial score (nSPS) is 10.9. The quantitative estimate of drug-likeness (QED) is 0.358. The number of nitrogens with two attached hydrogens (primary N) is 2. The lowest BCUT2D eigenvalue weighted by molar-refractivity contribution is -0.128. The van der Waals surface area contributed by atoms with Gasteiger partial charge in [0.25, 0.3) is 0 Å². The maximum Gasteiger partial charge on any atom is 0.242 e. The molecule has 0 spiro atoms. The summed E-state index contributed by atoms with van der Waals surface area (Å²) in [6.45, 7) is 6.05. The average Bonchev–Trinajstić information content (AvgIpc) is 2.73. The van der Waals surface area contributed by atoms with Crippen LogP contribution >= 0.6 is 0 Å². The first kappa shape index (κ1) is 23.8. The van der Waals surface area contributed by atoms with Crippen LogP contribution in [0.5, 0.6) is 0 Å². The smallest absolute Gasteiger partial charge is 0.242 e. The SMILES string of the molecule is CC(NC(=O)CN)C(=O)NCc1ccc(C(=N)N)cc1.CCc1ccc(C)cc1. The standard InChI is InChI=1S/C13H19N5O2.C9H12/c1-8(18-11(19)6-14)13(20)17-7-9-2-4-10(5-3-9)12(15)16;1-3-9-6-4-8(2)5-7-9/h2-5,8H,6-7,14H2,1H3,(H3,15,16)(H,17,20)(H,18,19);4-7H,3H2,1-2H3. The summed E-state index contributed by atoms with van der Waals surface area (Å²) in [7, 11) is 0. The highest BCUT2D eigenvalue weighted by Crippen LogP contribution is 2.04. The van der Waals surface area contributed by atoms with Crippen LogP contribution in [0.25, 0.3) is 0 Å². The molecule has 0 saturated carbocycles. The number of carbonyl (C=O) groups excluding carboxylic acids is 2. The van der Waals surface area contributed by atoms with Gasteiger partial charge in [0.2, 0.25) is 11.8 Å². The number of hydrogen-bond acceptors (Lipinski definition) is 4. The molecule has 0 bridgehead atoms. The second-order valence-corrected chi connectivity index (χ2v) is 6.66. The summed E-state index contributed by atoms with van der Waals surface area (Å²) in [5.41, 5.74) is 14.8. The van der Waals surface area contributed by atoms with Crippen LogP contribution in [0.2, 0.25) is 0 Å². The molecule has 29 heavy (non-hydrogen) atoms. The van der Waals surface area contributed by atoms with E-state index >= 15 is 0 Å². The molecule has 1 atom stereocenters. The first-order chi connectivity index (χ1) is 13.8. The van der Waals surface area contributed by atoms with Crippen molar-refractivity contribution >= 4 is 17.6 Å². The van der Waals surface area contributed by atoms with E-state index in [0.29, 0.717) is 12.1 Å². The number of rotatable bonds is 7. The van der Waals surface area contributed by atoms with Crippen LogP contribution in [0.4, 0.5) is 0 Å². The third kappa shape index (κ3) is 9.03. The van der Waals surface area contributed by atoms with Crippen molar-refractivity contribution in [2.24, 2.45) is 11.5 Å². The topological polar surface area (TPSA) is 134 Å². The van der Waals surface area contributed by atoms with E-state index < -0.39 is 6.04 Å². The van der Waals surface area contributed by atoms with E-state index in [2.05, 4.69) is 48.7 Å². The average molecular weight is 398 g/mol. The van der Waals surface area contributed by atoms with E-state index in [1.807, 2.05) is 0 Å². The predicted molar refractivity (Wildman–Crippen MR) is 117 cm³/mol. The van der Waals surface area contributed by atoms with Gasteiger partial charge in [0.15, 0.2) is 0 Å². The molecule has 7 nitrogen and oxygen atoms in total. The van der Waals surface area contributed by atoms with Gasteiger partial charge in [-0.2, -0.15) is 0 Å². The molecule has 7 N–H and O–H groups in total. The Bertz CT molecular complexity index is 801. The third-order valence-electron chi connectivity index (χ3n) is 4.22. The molecule has 0 fully saturated rings. The molecule has 0 saturated heterocycles. The van der Waals surface area contributed by atoms with Crippen LogP contribution in [0.3, 0.4) is 0 Å². The number of nitrogens with one attached hydrogen (secondary N) is 3. The molecule has 0 aliphatic carbocycles. The molecule has 0 aromatic heterocycles. The van der Waals surface area contributed by atoms with Crippen molar-refractivity contribution < 1.29 is 9.59 Å². The molecule has 2 aromatic rings. The second-order valence-electron chi connectivity index (χ2n) is 6.66. The molecule has 156 valence electrons. The van der Waals surface area contributed by atoms with Crippen molar-refractivity contribution in [3.8, 4) is 0 Å². The van der Waals surface area contributed by atoms with Gasteiger partial charge < -0.3 is 22.1 Å². The molecular weight excluding hydrogens is 366 g/mol. The highest BCUT2D eigenvalue weighted by atomic mass is 16.2. The summed E-state index contributed by atoms with van der Waals surface area (Å²) in [6.07, 6.45) is 1.14. The van der Waals surface area contributed by atoms with E-state index in [4.69, 9.17) is 16.9 Å². The van der Waals surface area contributed by atoms with Crippen LogP contribution in [0.1, 0.15) is 36.1 Å². The van der Waals surface area contributed by atoms with Crippen molar-refractivity contribution in [3.05, 3.63) is 70.8 Å². The van der Waals surface area contributed by atoms with Crippen molar-refractivity contribution in [1.82, 2.24) is 10.6 Å². The molecule has 7 heteroatoms. The summed E-state index contributed by atoms with van der Waals surface area (Å²) in [6, 6.07) is 15.0. The molecule has 0 aliphatic heterocycles. The zero-order valence-corrected chi connectivity index (χ0v) is 17.3. The van der Waals surface area contributed by atoms with E-state index in [9.17, 15) is 9.59 Å². The zero-order valence-electron chi connectivity index (χ0n) is 17.3. The van der Waals surface area contributed by atoms with E-state index in [0.717, 1.165) is 12.0 Å². The lowest BCUT2D eigenvalue weighted by atomic mass is 10.1. The summed E-state index contributed by atoms with van der Waals surface area (Å²) in [4.78, 5) is 22.8. The number of nitrogen functional groups attached to an aromatic ring is 1. The van der Waals surface area contributed by atoms with Gasteiger partial charge in [-0.3, -0.25) is 15.0 Å². The minimum atomic E-state index is -0.637. The predicted octanol–water partition coefficient (Wildman–Crippen LogP) is 1.61. The Morgan fingerprint density at radius 2 is 1.59 bits per heavy atom. The number of carbonyl (C=O) groups is 2. The number of amidine groups is 1. The Balaban J connectivity index is 0.000000387. The van der Waals surface area contributed by atoms with Gasteiger partial charge in [-0.15, -0.1) is 0 Å². The highest BCUT2D eigenvalue weighted by Gasteiger charge is 2.14. The molecule has 0 aliphatic rings. The second kappa shape index (κ2) is 12.3. The van der Waals surface area contributed by atoms with Gasteiger partial charge in [0.1, 0.15) is 11.9 Å². The van der Waals surface area contributed by atoms with E-state index in [1.54, 1.807) is 31.2 Å². The lowest BCUT2D eigenvalue weighted by Gasteiger charge is -2.13. The summed E-state index contributed by atoms with van der Waals surface area (Å²) in [5.74, 6) is -0.667. The van der Waals surface area contributed by atoms with Crippen LogP contribution in [0, 0.1) is 12.3 Å². The Morgan fingerprint density at radius 1 is 1.03 bits per heavy atom. The maximum absolute atomic E-state index is 11.7. The summed E-state index contributed by atoms with van der Waals surface area (Å²) < 4.78 is 0. The highest BCUT2D eigenvalue weighted by molar-refractivity contribution is 5.94. The maximum atomic E-state index is 11.7. The van der Waals surface area contributed by atoms with Gasteiger partial charge in [-0.1, -0.05) is 61.0 Å². The van der Waals surface area contributed by atoms with Gasteiger partial charge >= 0.3 is 0 Å². The molecule has 0 radical (unpaired) electrons. The molecule has 2 aromatic carbocycles. The van der Waals surface area contributed by atoms with Crippen LogP contribution in [0.15, 0.2) is 48.5 Å². The monoisotopic (exact) mass is 397 g/mol. The largest absolute Gasteiger partial charge is 0.384 e. The van der Waals surface area contributed by atoms with Gasteiger partial charge in [0, 0.05) is 12.1 Å². The van der Waals surface area contributed by atoms with Gasteiger partial charge in [-0.25, -0.2) is 0 Å². The zero-order chi connectivity index (χ0) is 21.8. The lowest BCUT2D eigenvalue weighted by Crippen LogP contribution is -2.46. The van der Waals surface area contributed by atoms with Crippen LogP contribution in [-0.4, -0.2) is 30.2 Å². The number of aryl methyl sites for hydroxylation is 2. The molecular formula is C22H31N5O2. The summed E-state index contributed by atoms with van der Waals surface area (Å²) in [5, 5.41) is 12.4. The third-order valence-corrected chi connectivity index (χ3v) is 4.22. The fraction of sp³-hybridized carbons (Fsp3) is 0.318. The molecule has 1 unspecified atom stereocenters. The molecule has 2 rings (SSSR count). The van der Waals surface area contributed by atoms with Crippen molar-refractivity contribution in [3.63, 3.8) is 0 Å². The van der Waals surface area contributed by atoms with E-state index in [-0.39, 0.29) is 24.2 Å².